The van der Waals surface area contributed by atoms with Gasteiger partial charge in [-0.25, -0.2) is 18.1 Å². The van der Waals surface area contributed by atoms with Crippen molar-refractivity contribution in [2.75, 3.05) is 0 Å². The van der Waals surface area contributed by atoms with Crippen LogP contribution in [0.5, 0.6) is 0 Å². The second-order valence-corrected chi connectivity index (χ2v) is 7.99. The van der Waals surface area contributed by atoms with Crippen LogP contribution in [-0.2, 0) is 23.6 Å². The zero-order valence-electron chi connectivity index (χ0n) is 14.9. The van der Waals surface area contributed by atoms with Gasteiger partial charge in [0.1, 0.15) is 5.82 Å². The fraction of sp³-hybridized carbons (Fsp3) is 0.278. The minimum Gasteiger partial charge on any atom is -0.336 e. The van der Waals surface area contributed by atoms with E-state index in [1.807, 2.05) is 32.0 Å². The first-order valence-corrected chi connectivity index (χ1v) is 9.74. The summed E-state index contributed by atoms with van der Waals surface area (Å²) in [4.78, 5) is 12.6. The smallest absolute Gasteiger partial charge is 0.259 e. The van der Waals surface area contributed by atoms with Gasteiger partial charge in [0, 0.05) is 49.9 Å². The van der Waals surface area contributed by atoms with Gasteiger partial charge in [-0.15, -0.1) is 0 Å². The zero-order chi connectivity index (χ0) is 18.7. The minimum atomic E-state index is -3.71. The summed E-state index contributed by atoms with van der Waals surface area (Å²) in [6.45, 7) is 4.08. The van der Waals surface area contributed by atoms with Gasteiger partial charge in [-0.3, -0.25) is 9.97 Å². The molecular weight excluding hydrogens is 350 g/mol. The van der Waals surface area contributed by atoms with Gasteiger partial charge in [0.05, 0.1) is 5.69 Å². The molecule has 0 saturated carbocycles. The second kappa shape index (κ2) is 7.35. The maximum Gasteiger partial charge on any atom is 0.259 e. The van der Waals surface area contributed by atoms with Crippen molar-refractivity contribution in [2.24, 2.45) is 7.05 Å². The number of nitrogens with one attached hydrogen (secondary N) is 1. The molecule has 0 bridgehead atoms. The van der Waals surface area contributed by atoms with Crippen molar-refractivity contribution in [1.29, 1.82) is 0 Å². The molecule has 0 aliphatic carbocycles. The number of imidazole rings is 1. The molecule has 0 saturated heterocycles. The third-order valence-corrected chi connectivity index (χ3v) is 5.25. The molecule has 0 atom stereocenters. The van der Waals surface area contributed by atoms with E-state index >= 15 is 0 Å². The van der Waals surface area contributed by atoms with Crippen LogP contribution < -0.4 is 4.72 Å². The Morgan fingerprint density at radius 1 is 1.15 bits per heavy atom. The number of aromatic nitrogens is 4. The third-order valence-electron chi connectivity index (χ3n) is 3.98. The molecule has 0 amide bonds. The number of sulfonamides is 1. The summed E-state index contributed by atoms with van der Waals surface area (Å²) in [6.07, 6.45) is 6.57. The highest BCUT2D eigenvalue weighted by atomic mass is 32.2. The van der Waals surface area contributed by atoms with Crippen molar-refractivity contribution < 1.29 is 8.42 Å². The van der Waals surface area contributed by atoms with Crippen LogP contribution in [0.15, 0.2) is 54.1 Å². The molecule has 26 heavy (non-hydrogen) atoms. The first-order valence-electron chi connectivity index (χ1n) is 8.25. The number of aryl methyl sites for hydroxylation is 1. The lowest BCUT2D eigenvalue weighted by molar-refractivity contribution is 0.577. The van der Waals surface area contributed by atoms with Crippen molar-refractivity contribution in [3.8, 4) is 11.3 Å². The molecule has 136 valence electrons. The van der Waals surface area contributed by atoms with E-state index < -0.39 is 10.0 Å². The molecule has 0 radical (unpaired) electrons. The summed E-state index contributed by atoms with van der Waals surface area (Å²) in [5, 5.41) is 0.0260. The Morgan fingerprint density at radius 3 is 2.54 bits per heavy atom. The van der Waals surface area contributed by atoms with Crippen LogP contribution in [0.3, 0.4) is 0 Å². The summed E-state index contributed by atoms with van der Waals surface area (Å²) < 4.78 is 29.6. The molecule has 7 nitrogen and oxygen atoms in total. The minimum absolute atomic E-state index is 0.0260. The molecule has 0 unspecified atom stereocenters. The average Bonchev–Trinajstić information content (AvgIpc) is 3.04. The van der Waals surface area contributed by atoms with E-state index in [4.69, 9.17) is 0 Å². The zero-order valence-corrected chi connectivity index (χ0v) is 15.7. The summed E-state index contributed by atoms with van der Waals surface area (Å²) >= 11 is 0. The van der Waals surface area contributed by atoms with Crippen LogP contribution in [0.25, 0.3) is 11.3 Å². The molecule has 3 aromatic rings. The van der Waals surface area contributed by atoms with E-state index in [1.165, 1.54) is 6.20 Å². The standard InChI is InChI=1S/C18H21N5O2S/c1-13(2)18-22-16(12-23(18)3)26(24,25)21-11-15-5-4-8-20-17(15)14-6-9-19-10-7-14/h4-10,12-13,21H,11H2,1-3H3. The number of nitrogens with zero attached hydrogens (tertiary/aromatic N) is 4. The van der Waals surface area contributed by atoms with E-state index in [2.05, 4.69) is 19.7 Å². The van der Waals surface area contributed by atoms with Crippen LogP contribution in [0, 0.1) is 0 Å². The molecule has 0 aliphatic rings. The quantitative estimate of drug-likeness (QED) is 0.719. The Balaban J connectivity index is 1.84. The Kier molecular flexibility index (Phi) is 5.15. The summed E-state index contributed by atoms with van der Waals surface area (Å²) in [5.41, 5.74) is 2.39. The molecule has 3 heterocycles. The van der Waals surface area contributed by atoms with E-state index in [0.29, 0.717) is 0 Å². The van der Waals surface area contributed by atoms with Crippen molar-refractivity contribution in [2.45, 2.75) is 31.3 Å². The number of pyridine rings is 2. The van der Waals surface area contributed by atoms with Gasteiger partial charge in [0.2, 0.25) is 0 Å². The van der Waals surface area contributed by atoms with Gasteiger partial charge in [0.25, 0.3) is 10.0 Å². The first-order chi connectivity index (χ1) is 12.4. The van der Waals surface area contributed by atoms with Crippen LogP contribution in [-0.4, -0.2) is 27.9 Å². The molecule has 3 rings (SSSR count). The van der Waals surface area contributed by atoms with Gasteiger partial charge in [0.15, 0.2) is 5.03 Å². The van der Waals surface area contributed by atoms with Crippen molar-refractivity contribution in [1.82, 2.24) is 24.2 Å². The topological polar surface area (TPSA) is 89.8 Å². The van der Waals surface area contributed by atoms with Crippen LogP contribution in [0.4, 0.5) is 0 Å². The van der Waals surface area contributed by atoms with Crippen molar-refractivity contribution in [3.63, 3.8) is 0 Å². The van der Waals surface area contributed by atoms with Crippen LogP contribution >= 0.6 is 0 Å². The lowest BCUT2D eigenvalue weighted by Gasteiger charge is -2.09. The Labute approximate surface area is 153 Å². The lowest BCUT2D eigenvalue weighted by atomic mass is 10.1. The molecule has 0 aromatic carbocycles. The molecule has 3 aromatic heterocycles. The first kappa shape index (κ1) is 18.2. The van der Waals surface area contributed by atoms with E-state index in [0.717, 1.165) is 22.6 Å². The number of rotatable bonds is 6. The maximum absolute atomic E-state index is 12.6. The maximum atomic E-state index is 12.6. The highest BCUT2D eigenvalue weighted by molar-refractivity contribution is 7.89. The average molecular weight is 371 g/mol. The molecular formula is C18H21N5O2S. The highest BCUT2D eigenvalue weighted by Crippen LogP contribution is 2.21. The van der Waals surface area contributed by atoms with E-state index in [9.17, 15) is 8.42 Å². The molecule has 1 N–H and O–H groups in total. The second-order valence-electron chi connectivity index (χ2n) is 6.27. The summed E-state index contributed by atoms with van der Waals surface area (Å²) in [5.74, 6) is 0.866. The number of hydrogen-bond acceptors (Lipinski definition) is 5. The summed E-state index contributed by atoms with van der Waals surface area (Å²) in [7, 11) is -1.92. The van der Waals surface area contributed by atoms with Crippen molar-refractivity contribution in [3.05, 3.63) is 60.4 Å². The van der Waals surface area contributed by atoms with Gasteiger partial charge < -0.3 is 4.57 Å². The summed E-state index contributed by atoms with van der Waals surface area (Å²) in [6, 6.07) is 7.32. The Hall–Kier alpha value is -2.58. The largest absolute Gasteiger partial charge is 0.336 e. The highest BCUT2D eigenvalue weighted by Gasteiger charge is 2.21. The van der Waals surface area contributed by atoms with Gasteiger partial charge in [-0.05, 0) is 23.8 Å². The third kappa shape index (κ3) is 3.81. The van der Waals surface area contributed by atoms with Gasteiger partial charge in [-0.2, -0.15) is 0 Å². The fourth-order valence-electron chi connectivity index (χ4n) is 2.72. The predicted molar refractivity (Wildman–Crippen MR) is 98.8 cm³/mol. The van der Waals surface area contributed by atoms with Gasteiger partial charge >= 0.3 is 0 Å². The van der Waals surface area contributed by atoms with Crippen LogP contribution in [0.1, 0.15) is 31.2 Å². The van der Waals surface area contributed by atoms with Gasteiger partial charge in [-0.1, -0.05) is 19.9 Å². The Morgan fingerprint density at radius 2 is 1.88 bits per heavy atom. The SMILES string of the molecule is CC(C)c1nc(S(=O)(=O)NCc2cccnc2-c2ccncc2)cn1C. The molecule has 0 fully saturated rings. The predicted octanol–water partition coefficient (Wildman–Crippen LogP) is 2.48. The Bertz CT molecular complexity index is 997. The van der Waals surface area contributed by atoms with E-state index in [-0.39, 0.29) is 17.5 Å². The molecule has 0 spiro atoms. The molecule has 8 heteroatoms. The van der Waals surface area contributed by atoms with Crippen molar-refractivity contribution >= 4 is 10.0 Å². The lowest BCUT2D eigenvalue weighted by Crippen LogP contribution is -2.24. The fourth-order valence-corrected chi connectivity index (χ4v) is 3.72. The molecule has 0 aliphatic heterocycles. The van der Waals surface area contributed by atoms with Crippen LogP contribution in [0.2, 0.25) is 0 Å². The normalized spacial score (nSPS) is 11.8. The van der Waals surface area contributed by atoms with E-state index in [1.54, 1.807) is 36.3 Å². The number of hydrogen-bond donors (Lipinski definition) is 1. The monoisotopic (exact) mass is 371 g/mol.